The molecule has 1 aliphatic rings. The van der Waals surface area contributed by atoms with Crippen LogP contribution in [0, 0.1) is 12.8 Å². The number of carbonyl (C=O) groups excluding carboxylic acids is 1. The number of nitrogens with zero attached hydrogens (tertiary/aromatic N) is 2. The summed E-state index contributed by atoms with van der Waals surface area (Å²) in [5.41, 5.74) is 7.94. The molecule has 140 valence electrons. The number of aryl methyl sites for hydroxylation is 1. The summed E-state index contributed by atoms with van der Waals surface area (Å²) in [6.07, 6.45) is 0.526. The number of anilines is 1. The molecule has 27 heavy (non-hydrogen) atoms. The number of nitrogens with one attached hydrogen (secondary N) is 2. The number of aliphatic imine (C=N–C) groups is 1. The lowest BCUT2D eigenvalue weighted by Crippen LogP contribution is -2.25. The second kappa shape index (κ2) is 8.86. The smallest absolute Gasteiger partial charge is 0.224 e. The van der Waals surface area contributed by atoms with Crippen molar-refractivity contribution in [1.82, 2.24) is 5.43 Å². The van der Waals surface area contributed by atoms with Crippen LogP contribution in [0.1, 0.15) is 31.4 Å². The molecule has 5 nitrogen and oxygen atoms in total. The molecule has 2 aromatic rings. The Morgan fingerprint density at radius 2 is 1.96 bits per heavy atom. The highest BCUT2D eigenvalue weighted by Crippen LogP contribution is 2.22. The van der Waals surface area contributed by atoms with Crippen molar-refractivity contribution in [2.24, 2.45) is 16.0 Å². The molecule has 0 aromatic heterocycles. The fourth-order valence-electron chi connectivity index (χ4n) is 2.65. The summed E-state index contributed by atoms with van der Waals surface area (Å²) in [5.74, 6) is 1.14. The Labute approximate surface area is 164 Å². The third-order valence-electron chi connectivity index (χ3n) is 4.07. The lowest BCUT2D eigenvalue weighted by molar-refractivity contribution is -0.116. The zero-order valence-electron chi connectivity index (χ0n) is 15.8. The first-order valence-corrected chi connectivity index (χ1v) is 10.00. The fraction of sp³-hybridized carbons (Fsp3) is 0.286. The summed E-state index contributed by atoms with van der Waals surface area (Å²) >= 11 is 1.63. The van der Waals surface area contributed by atoms with E-state index in [9.17, 15) is 4.79 Å². The largest absolute Gasteiger partial charge is 0.326 e. The standard InChI is InChI=1S/C21H24N4OS/c1-14(2)12-20(26)22-17-10-8-16(9-11-17)19-13-27-21(25-24-19)23-18-7-5-4-6-15(18)3/h4-11,14H,12-13H2,1-3H3,(H,22,26)(H,23,25). The van der Waals surface area contributed by atoms with Crippen LogP contribution in [0.2, 0.25) is 0 Å². The number of amidine groups is 1. The van der Waals surface area contributed by atoms with E-state index < -0.39 is 0 Å². The molecule has 0 atom stereocenters. The molecule has 3 rings (SSSR count). The summed E-state index contributed by atoms with van der Waals surface area (Å²) in [5, 5.41) is 8.19. The van der Waals surface area contributed by atoms with Crippen LogP contribution in [0.3, 0.4) is 0 Å². The number of thioether (sulfide) groups is 1. The van der Waals surface area contributed by atoms with Crippen molar-refractivity contribution >= 4 is 39.9 Å². The number of hydrazone groups is 1. The zero-order valence-corrected chi connectivity index (χ0v) is 16.6. The molecule has 2 aromatic carbocycles. The third-order valence-corrected chi connectivity index (χ3v) is 4.94. The van der Waals surface area contributed by atoms with Gasteiger partial charge < -0.3 is 5.32 Å². The van der Waals surface area contributed by atoms with Gasteiger partial charge in [-0.05, 0) is 42.2 Å². The molecule has 0 aliphatic carbocycles. The summed E-state index contributed by atoms with van der Waals surface area (Å²) < 4.78 is 0. The molecule has 1 amide bonds. The number of hydrogen-bond donors (Lipinski definition) is 2. The van der Waals surface area contributed by atoms with E-state index in [0.717, 1.165) is 39.1 Å². The van der Waals surface area contributed by atoms with Gasteiger partial charge in [0, 0.05) is 17.9 Å². The Kier molecular flexibility index (Phi) is 6.29. The van der Waals surface area contributed by atoms with E-state index in [1.165, 1.54) is 0 Å². The van der Waals surface area contributed by atoms with Gasteiger partial charge in [-0.2, -0.15) is 5.10 Å². The third kappa shape index (κ3) is 5.44. The normalized spacial score (nSPS) is 15.4. The van der Waals surface area contributed by atoms with Crippen molar-refractivity contribution < 1.29 is 4.79 Å². The molecule has 0 bridgehead atoms. The van der Waals surface area contributed by atoms with E-state index in [4.69, 9.17) is 0 Å². The van der Waals surface area contributed by atoms with Crippen LogP contribution >= 0.6 is 11.8 Å². The minimum atomic E-state index is 0.0436. The summed E-state index contributed by atoms with van der Waals surface area (Å²) in [6.45, 7) is 6.11. The molecule has 0 spiro atoms. The van der Waals surface area contributed by atoms with Crippen molar-refractivity contribution in [3.05, 3.63) is 59.7 Å². The SMILES string of the molecule is Cc1ccccc1N=C1NN=C(c2ccc(NC(=O)CC(C)C)cc2)CS1. The maximum atomic E-state index is 11.9. The van der Waals surface area contributed by atoms with Gasteiger partial charge in [0.2, 0.25) is 5.91 Å². The Bertz CT molecular complexity index is 872. The zero-order chi connectivity index (χ0) is 19.2. The molecular weight excluding hydrogens is 356 g/mol. The van der Waals surface area contributed by atoms with E-state index in [-0.39, 0.29) is 5.91 Å². The van der Waals surface area contributed by atoms with Crippen molar-refractivity contribution in [3.63, 3.8) is 0 Å². The van der Waals surface area contributed by atoms with Crippen LogP contribution in [0.15, 0.2) is 58.6 Å². The Balaban J connectivity index is 1.64. The quantitative estimate of drug-likeness (QED) is 0.790. The number of rotatable bonds is 5. The van der Waals surface area contributed by atoms with Gasteiger partial charge in [-0.3, -0.25) is 10.2 Å². The van der Waals surface area contributed by atoms with Crippen LogP contribution in [0.4, 0.5) is 11.4 Å². The van der Waals surface area contributed by atoms with E-state index in [2.05, 4.69) is 20.8 Å². The Morgan fingerprint density at radius 3 is 2.59 bits per heavy atom. The topological polar surface area (TPSA) is 65.8 Å². The molecule has 0 saturated carbocycles. The molecular formula is C21H24N4OS. The molecule has 1 aliphatic heterocycles. The van der Waals surface area contributed by atoms with Gasteiger partial charge in [0.05, 0.1) is 11.4 Å². The lowest BCUT2D eigenvalue weighted by Gasteiger charge is -2.15. The van der Waals surface area contributed by atoms with E-state index >= 15 is 0 Å². The van der Waals surface area contributed by atoms with E-state index in [1.807, 2.05) is 69.3 Å². The number of para-hydroxylation sites is 1. The average molecular weight is 381 g/mol. The van der Waals surface area contributed by atoms with E-state index in [0.29, 0.717) is 12.3 Å². The Hall–Kier alpha value is -2.60. The fourth-order valence-corrected chi connectivity index (χ4v) is 3.43. The van der Waals surface area contributed by atoms with Gasteiger partial charge in [-0.25, -0.2) is 4.99 Å². The minimum absolute atomic E-state index is 0.0436. The number of carbonyl (C=O) groups is 1. The highest BCUT2D eigenvalue weighted by Gasteiger charge is 2.14. The highest BCUT2D eigenvalue weighted by atomic mass is 32.2. The Morgan fingerprint density at radius 1 is 1.22 bits per heavy atom. The van der Waals surface area contributed by atoms with Gasteiger partial charge in [0.15, 0.2) is 5.17 Å². The van der Waals surface area contributed by atoms with Crippen LogP contribution in [-0.2, 0) is 4.79 Å². The molecule has 1 heterocycles. The maximum absolute atomic E-state index is 11.9. The number of benzene rings is 2. The van der Waals surface area contributed by atoms with Gasteiger partial charge in [0.25, 0.3) is 0 Å². The predicted octanol–water partition coefficient (Wildman–Crippen LogP) is 4.71. The van der Waals surface area contributed by atoms with Crippen LogP contribution < -0.4 is 10.7 Å². The van der Waals surface area contributed by atoms with Crippen molar-refractivity contribution in [2.75, 3.05) is 11.1 Å². The van der Waals surface area contributed by atoms with Crippen LogP contribution in [0.25, 0.3) is 0 Å². The van der Waals surface area contributed by atoms with Crippen LogP contribution in [0.5, 0.6) is 0 Å². The van der Waals surface area contributed by atoms with Crippen molar-refractivity contribution in [2.45, 2.75) is 27.2 Å². The summed E-state index contributed by atoms with van der Waals surface area (Å²) in [6, 6.07) is 15.8. The molecule has 6 heteroatoms. The maximum Gasteiger partial charge on any atom is 0.224 e. The lowest BCUT2D eigenvalue weighted by atomic mass is 10.1. The first-order chi connectivity index (χ1) is 13.0. The molecule has 2 N–H and O–H groups in total. The highest BCUT2D eigenvalue weighted by molar-refractivity contribution is 8.14. The molecule has 0 fully saturated rings. The predicted molar refractivity (Wildman–Crippen MR) is 115 cm³/mol. The second-order valence-electron chi connectivity index (χ2n) is 6.89. The molecule has 0 radical (unpaired) electrons. The van der Waals surface area contributed by atoms with Crippen molar-refractivity contribution in [3.8, 4) is 0 Å². The summed E-state index contributed by atoms with van der Waals surface area (Å²) in [7, 11) is 0. The van der Waals surface area contributed by atoms with Crippen LogP contribution in [-0.4, -0.2) is 22.5 Å². The monoisotopic (exact) mass is 380 g/mol. The van der Waals surface area contributed by atoms with Gasteiger partial charge in [-0.15, -0.1) is 0 Å². The number of amides is 1. The van der Waals surface area contributed by atoms with Gasteiger partial charge in [0.1, 0.15) is 0 Å². The second-order valence-corrected chi connectivity index (χ2v) is 7.85. The first kappa shape index (κ1) is 19.2. The minimum Gasteiger partial charge on any atom is -0.326 e. The van der Waals surface area contributed by atoms with E-state index in [1.54, 1.807) is 11.8 Å². The van der Waals surface area contributed by atoms with Gasteiger partial charge in [-0.1, -0.05) is 55.9 Å². The summed E-state index contributed by atoms with van der Waals surface area (Å²) in [4.78, 5) is 16.5. The van der Waals surface area contributed by atoms with Crippen molar-refractivity contribution in [1.29, 1.82) is 0 Å². The molecule has 0 unspecified atom stereocenters. The first-order valence-electron chi connectivity index (χ1n) is 9.01. The average Bonchev–Trinajstić information content (AvgIpc) is 2.64. The van der Waals surface area contributed by atoms with Gasteiger partial charge >= 0.3 is 0 Å². The number of hydrogen-bond acceptors (Lipinski definition) is 4. The molecule has 0 saturated heterocycles.